The van der Waals surface area contributed by atoms with E-state index < -0.39 is 0 Å². The lowest BCUT2D eigenvalue weighted by Crippen LogP contribution is -2.36. The van der Waals surface area contributed by atoms with E-state index in [1.54, 1.807) is 13.1 Å². The molecule has 36 heavy (non-hydrogen) atoms. The minimum absolute atomic E-state index is 0.156. The van der Waals surface area contributed by atoms with Crippen LogP contribution in [0.25, 0.3) is 0 Å². The predicted octanol–water partition coefficient (Wildman–Crippen LogP) is 5.43. The van der Waals surface area contributed by atoms with Gasteiger partial charge in [0.15, 0.2) is 0 Å². The summed E-state index contributed by atoms with van der Waals surface area (Å²) >= 11 is 0. The third-order valence-corrected chi connectivity index (χ3v) is 6.46. The molecule has 0 saturated carbocycles. The molecule has 3 N–H and O–H groups in total. The summed E-state index contributed by atoms with van der Waals surface area (Å²) in [6, 6.07) is 13.8. The van der Waals surface area contributed by atoms with Gasteiger partial charge in [-0.3, -0.25) is 9.59 Å². The number of anilines is 5. The van der Waals surface area contributed by atoms with Crippen molar-refractivity contribution in [3.8, 4) is 0 Å². The summed E-state index contributed by atoms with van der Waals surface area (Å²) in [6.45, 7) is 10.8. The number of amides is 2. The van der Waals surface area contributed by atoms with Gasteiger partial charge in [0.05, 0.1) is 0 Å². The summed E-state index contributed by atoms with van der Waals surface area (Å²) in [4.78, 5) is 34.3. The zero-order valence-corrected chi connectivity index (χ0v) is 21.0. The Bertz CT molecular complexity index is 1280. The van der Waals surface area contributed by atoms with E-state index in [0.717, 1.165) is 48.4 Å². The molecule has 1 aliphatic heterocycles. The Morgan fingerprint density at radius 3 is 2.47 bits per heavy atom. The Morgan fingerprint density at radius 1 is 1.03 bits per heavy atom. The van der Waals surface area contributed by atoms with E-state index in [0.29, 0.717) is 23.4 Å². The Morgan fingerprint density at radius 2 is 1.78 bits per heavy atom. The number of aryl methyl sites for hydroxylation is 2. The molecule has 186 valence electrons. The molecule has 0 bridgehead atoms. The first-order chi connectivity index (χ1) is 17.3. The predicted molar refractivity (Wildman–Crippen MR) is 144 cm³/mol. The van der Waals surface area contributed by atoms with Crippen molar-refractivity contribution in [2.24, 2.45) is 0 Å². The monoisotopic (exact) mass is 484 g/mol. The van der Waals surface area contributed by atoms with E-state index >= 15 is 0 Å². The van der Waals surface area contributed by atoms with Crippen LogP contribution >= 0.6 is 0 Å². The Kier molecular flexibility index (Phi) is 7.63. The van der Waals surface area contributed by atoms with Crippen LogP contribution in [-0.4, -0.2) is 39.8 Å². The first-order valence-corrected chi connectivity index (χ1v) is 12.1. The third kappa shape index (κ3) is 6.07. The number of nitrogens with zero attached hydrogens (tertiary/aromatic N) is 3. The Hall–Kier alpha value is -4.20. The zero-order valence-electron chi connectivity index (χ0n) is 21.0. The second-order valence-electron chi connectivity index (χ2n) is 9.10. The number of carbonyl (C=O) groups excluding carboxylic acids is 2. The maximum absolute atomic E-state index is 11.6. The van der Waals surface area contributed by atoms with Crippen LogP contribution in [0.4, 0.5) is 28.8 Å². The summed E-state index contributed by atoms with van der Waals surface area (Å²) in [5, 5.41) is 9.41. The largest absolute Gasteiger partial charge is 0.343 e. The highest BCUT2D eigenvalue weighted by Crippen LogP contribution is 2.31. The number of benzene rings is 2. The molecule has 8 nitrogen and oxygen atoms in total. The number of rotatable bonds is 7. The van der Waals surface area contributed by atoms with Gasteiger partial charge in [0.2, 0.25) is 17.8 Å². The third-order valence-electron chi connectivity index (χ3n) is 6.46. The number of piperidine rings is 1. The molecule has 2 amide bonds. The van der Waals surface area contributed by atoms with Gasteiger partial charge >= 0.3 is 0 Å². The van der Waals surface area contributed by atoms with Crippen LogP contribution in [0.5, 0.6) is 0 Å². The number of aromatic nitrogens is 2. The quantitative estimate of drug-likeness (QED) is 0.387. The number of hydrogen-bond donors (Lipinski definition) is 3. The molecule has 0 unspecified atom stereocenters. The summed E-state index contributed by atoms with van der Waals surface area (Å²) in [6.07, 6.45) is 4.98. The topological polar surface area (TPSA) is 99.2 Å². The summed E-state index contributed by atoms with van der Waals surface area (Å²) < 4.78 is 0. The SMILES string of the molecule is C=CC(=O)Nc1cccc(Nc2nc(Nc3ccc(C4CCN(C(C)=O)CC4)cc3C)ncc2C)c1. The van der Waals surface area contributed by atoms with E-state index in [2.05, 4.69) is 57.6 Å². The van der Waals surface area contributed by atoms with Crippen LogP contribution in [0.1, 0.15) is 42.4 Å². The van der Waals surface area contributed by atoms with Crippen molar-refractivity contribution in [3.05, 3.63) is 78.0 Å². The minimum atomic E-state index is -0.264. The lowest BCUT2D eigenvalue weighted by molar-refractivity contribution is -0.129. The molecular weight excluding hydrogens is 452 g/mol. The summed E-state index contributed by atoms with van der Waals surface area (Å²) in [5.74, 6) is 1.52. The molecule has 0 spiro atoms. The molecular formula is C28H32N6O2. The molecule has 0 atom stereocenters. The van der Waals surface area contributed by atoms with E-state index in [-0.39, 0.29) is 11.8 Å². The first-order valence-electron chi connectivity index (χ1n) is 12.1. The maximum atomic E-state index is 11.6. The van der Waals surface area contributed by atoms with Crippen molar-refractivity contribution in [2.75, 3.05) is 29.0 Å². The molecule has 8 heteroatoms. The standard InChI is InChI=1S/C28H32N6O2/c1-5-26(36)30-23-7-6-8-24(16-23)31-27-19(3)17-29-28(33-27)32-25-10-9-22(15-18(25)2)21-11-13-34(14-12-21)20(4)35/h5-10,15-17,21H,1,11-14H2,2-4H3,(H,30,36)(H2,29,31,32,33). The van der Waals surface area contributed by atoms with E-state index in [1.165, 1.54) is 11.6 Å². The minimum Gasteiger partial charge on any atom is -0.343 e. The second kappa shape index (κ2) is 11.0. The lowest BCUT2D eigenvalue weighted by atomic mass is 9.88. The van der Waals surface area contributed by atoms with Crippen molar-refractivity contribution in [2.45, 2.75) is 39.5 Å². The molecule has 0 radical (unpaired) electrons. The van der Waals surface area contributed by atoms with E-state index in [1.807, 2.05) is 36.1 Å². The zero-order chi connectivity index (χ0) is 25.7. The van der Waals surface area contributed by atoms with Crippen LogP contribution in [-0.2, 0) is 9.59 Å². The smallest absolute Gasteiger partial charge is 0.247 e. The number of hydrogen-bond acceptors (Lipinski definition) is 6. The van der Waals surface area contributed by atoms with Crippen molar-refractivity contribution in [1.82, 2.24) is 14.9 Å². The molecule has 1 saturated heterocycles. The number of nitrogens with one attached hydrogen (secondary N) is 3. The van der Waals surface area contributed by atoms with Crippen LogP contribution in [0.15, 0.2) is 61.3 Å². The van der Waals surface area contributed by atoms with E-state index in [4.69, 9.17) is 0 Å². The first kappa shape index (κ1) is 24.9. The van der Waals surface area contributed by atoms with Gasteiger partial charge in [-0.2, -0.15) is 4.98 Å². The maximum Gasteiger partial charge on any atom is 0.247 e. The number of carbonyl (C=O) groups is 2. The van der Waals surface area contributed by atoms with Crippen molar-refractivity contribution >= 4 is 40.6 Å². The molecule has 1 aromatic heterocycles. The average Bonchev–Trinajstić information content (AvgIpc) is 2.87. The van der Waals surface area contributed by atoms with Gasteiger partial charge in [-0.25, -0.2) is 4.98 Å². The fraction of sp³-hybridized carbons (Fsp3) is 0.286. The van der Waals surface area contributed by atoms with Crippen LogP contribution in [0, 0.1) is 13.8 Å². The highest BCUT2D eigenvalue weighted by Gasteiger charge is 2.22. The highest BCUT2D eigenvalue weighted by atomic mass is 16.2. The molecule has 2 aromatic carbocycles. The molecule has 4 rings (SSSR count). The van der Waals surface area contributed by atoms with Crippen LogP contribution in [0.2, 0.25) is 0 Å². The van der Waals surface area contributed by atoms with Gasteiger partial charge in [0.1, 0.15) is 5.82 Å². The molecule has 1 fully saturated rings. The molecule has 0 aliphatic carbocycles. The lowest BCUT2D eigenvalue weighted by Gasteiger charge is -2.31. The normalized spacial score (nSPS) is 13.7. The van der Waals surface area contributed by atoms with Crippen LogP contribution in [0.3, 0.4) is 0 Å². The molecule has 2 heterocycles. The fourth-order valence-electron chi connectivity index (χ4n) is 4.36. The Balaban J connectivity index is 1.45. The van der Waals surface area contributed by atoms with E-state index in [9.17, 15) is 9.59 Å². The molecule has 3 aromatic rings. The fourth-order valence-corrected chi connectivity index (χ4v) is 4.36. The summed E-state index contributed by atoms with van der Waals surface area (Å²) in [5.41, 5.74) is 5.72. The second-order valence-corrected chi connectivity index (χ2v) is 9.10. The molecule has 1 aliphatic rings. The van der Waals surface area contributed by atoms with Gasteiger partial charge in [-0.1, -0.05) is 24.8 Å². The van der Waals surface area contributed by atoms with Gasteiger partial charge in [0, 0.05) is 48.8 Å². The summed E-state index contributed by atoms with van der Waals surface area (Å²) in [7, 11) is 0. The highest BCUT2D eigenvalue weighted by molar-refractivity contribution is 5.99. The van der Waals surface area contributed by atoms with Crippen LogP contribution < -0.4 is 16.0 Å². The Labute approximate surface area is 211 Å². The van der Waals surface area contributed by atoms with Crippen molar-refractivity contribution in [1.29, 1.82) is 0 Å². The van der Waals surface area contributed by atoms with Gasteiger partial charge in [-0.05, 0) is 74.1 Å². The number of likely N-dealkylation sites (tertiary alicyclic amines) is 1. The van der Waals surface area contributed by atoms with Crippen molar-refractivity contribution < 1.29 is 9.59 Å². The van der Waals surface area contributed by atoms with Gasteiger partial charge in [-0.15, -0.1) is 0 Å². The average molecular weight is 485 g/mol. The van der Waals surface area contributed by atoms with Gasteiger partial charge in [0.25, 0.3) is 0 Å². The van der Waals surface area contributed by atoms with Gasteiger partial charge < -0.3 is 20.9 Å². The van der Waals surface area contributed by atoms with Crippen molar-refractivity contribution in [3.63, 3.8) is 0 Å².